The van der Waals surface area contributed by atoms with Crippen LogP contribution in [0.25, 0.3) is 6.08 Å². The Morgan fingerprint density at radius 1 is 1.61 bits per heavy atom. The van der Waals surface area contributed by atoms with E-state index in [0.717, 1.165) is 6.20 Å². The van der Waals surface area contributed by atoms with Gasteiger partial charge in [-0.2, -0.15) is 0 Å². The fourth-order valence-electron chi connectivity index (χ4n) is 1.30. The maximum absolute atomic E-state index is 10.6. The summed E-state index contributed by atoms with van der Waals surface area (Å²) >= 11 is 0. The van der Waals surface area contributed by atoms with Gasteiger partial charge in [0, 0.05) is 25.2 Å². The first kappa shape index (κ1) is 13.6. The molecule has 1 rings (SSSR count). The molecule has 0 radical (unpaired) electrons. The quantitative estimate of drug-likeness (QED) is 0.462. The van der Waals surface area contributed by atoms with Crippen LogP contribution in [0.5, 0.6) is 0 Å². The molecule has 96 valence electrons. The monoisotopic (exact) mass is 250 g/mol. The van der Waals surface area contributed by atoms with Crippen molar-refractivity contribution < 1.29 is 9.72 Å². The lowest BCUT2D eigenvalue weighted by molar-refractivity contribution is -0.384. The average Bonchev–Trinajstić information content (AvgIpc) is 2.30. The largest absolute Gasteiger partial charge is 0.393 e. The Balaban J connectivity index is 2.67. The fourth-order valence-corrected chi connectivity index (χ4v) is 1.30. The van der Waals surface area contributed by atoms with Crippen LogP contribution in [0.2, 0.25) is 0 Å². The number of nitrogens with zero attached hydrogens (tertiary/aromatic N) is 2. The third-order valence-corrected chi connectivity index (χ3v) is 2.18. The maximum atomic E-state index is 10.6. The summed E-state index contributed by atoms with van der Waals surface area (Å²) in [6, 6.07) is 0. The highest BCUT2D eigenvalue weighted by Crippen LogP contribution is 2.24. The molecule has 0 fully saturated rings. The van der Waals surface area contributed by atoms with Crippen LogP contribution >= 0.6 is 0 Å². The first-order valence-electron chi connectivity index (χ1n) is 5.31. The standard InChI is InChI=1S/C11H14N4O3/c1-8(16)14-5-3-2-4-9-6-13-7-10(11(9)12)15(17)18/h2,4,6-7H,3,5H2,1H3,(H2,12,13)(H,14,16). The van der Waals surface area contributed by atoms with Gasteiger partial charge in [0.15, 0.2) is 0 Å². The van der Waals surface area contributed by atoms with Gasteiger partial charge in [-0.15, -0.1) is 0 Å². The number of hydrogen-bond acceptors (Lipinski definition) is 5. The van der Waals surface area contributed by atoms with Crippen molar-refractivity contribution in [1.82, 2.24) is 10.3 Å². The van der Waals surface area contributed by atoms with Gasteiger partial charge in [0.25, 0.3) is 0 Å². The molecule has 0 aromatic carbocycles. The second-order valence-electron chi connectivity index (χ2n) is 3.59. The van der Waals surface area contributed by atoms with E-state index in [0.29, 0.717) is 18.5 Å². The zero-order valence-electron chi connectivity index (χ0n) is 9.92. The summed E-state index contributed by atoms with van der Waals surface area (Å²) in [6.07, 6.45) is 6.60. The molecule has 0 aliphatic heterocycles. The van der Waals surface area contributed by atoms with E-state index in [1.165, 1.54) is 13.1 Å². The number of carbonyl (C=O) groups excluding carboxylic acids is 1. The third kappa shape index (κ3) is 3.85. The Kier molecular flexibility index (Phi) is 4.79. The van der Waals surface area contributed by atoms with Crippen molar-refractivity contribution in [1.29, 1.82) is 0 Å². The molecule has 3 N–H and O–H groups in total. The molecule has 0 aliphatic rings. The lowest BCUT2D eigenvalue weighted by Gasteiger charge is -2.00. The normalized spacial score (nSPS) is 10.5. The molecule has 1 aromatic rings. The van der Waals surface area contributed by atoms with Crippen molar-refractivity contribution in [2.75, 3.05) is 12.3 Å². The van der Waals surface area contributed by atoms with E-state index in [2.05, 4.69) is 10.3 Å². The summed E-state index contributed by atoms with van der Waals surface area (Å²) in [5.41, 5.74) is 6.02. The van der Waals surface area contributed by atoms with Gasteiger partial charge in [-0.3, -0.25) is 19.9 Å². The van der Waals surface area contributed by atoms with Crippen molar-refractivity contribution in [2.24, 2.45) is 0 Å². The van der Waals surface area contributed by atoms with Gasteiger partial charge >= 0.3 is 5.69 Å². The topological polar surface area (TPSA) is 111 Å². The number of anilines is 1. The van der Waals surface area contributed by atoms with E-state index < -0.39 is 4.92 Å². The molecule has 0 saturated heterocycles. The van der Waals surface area contributed by atoms with Crippen LogP contribution in [0.3, 0.4) is 0 Å². The molecule has 0 saturated carbocycles. The number of carbonyl (C=O) groups is 1. The summed E-state index contributed by atoms with van der Waals surface area (Å²) in [6.45, 7) is 1.94. The molecule has 18 heavy (non-hydrogen) atoms. The van der Waals surface area contributed by atoms with E-state index in [1.807, 2.05) is 0 Å². The highest BCUT2D eigenvalue weighted by molar-refractivity contribution is 5.73. The second-order valence-corrected chi connectivity index (χ2v) is 3.59. The maximum Gasteiger partial charge on any atom is 0.310 e. The fraction of sp³-hybridized carbons (Fsp3) is 0.273. The highest BCUT2D eigenvalue weighted by Gasteiger charge is 2.13. The number of rotatable bonds is 5. The number of nitro groups is 1. The van der Waals surface area contributed by atoms with Crippen LogP contribution in [0.1, 0.15) is 18.9 Å². The molecule has 1 heterocycles. The van der Waals surface area contributed by atoms with E-state index in [1.54, 1.807) is 12.2 Å². The molecular formula is C11H14N4O3. The summed E-state index contributed by atoms with van der Waals surface area (Å²) in [4.78, 5) is 24.4. The Labute approximate surface area is 104 Å². The molecule has 0 atom stereocenters. The Morgan fingerprint density at radius 3 is 2.94 bits per heavy atom. The van der Waals surface area contributed by atoms with Crippen molar-refractivity contribution in [3.8, 4) is 0 Å². The minimum absolute atomic E-state index is 0.0887. The first-order valence-corrected chi connectivity index (χ1v) is 5.31. The van der Waals surface area contributed by atoms with Gasteiger partial charge in [-0.25, -0.2) is 0 Å². The van der Waals surface area contributed by atoms with Crippen LogP contribution in [-0.4, -0.2) is 22.4 Å². The summed E-state index contributed by atoms with van der Waals surface area (Å²) < 4.78 is 0. The number of nitrogens with one attached hydrogen (secondary N) is 1. The molecule has 7 nitrogen and oxygen atoms in total. The molecule has 0 aliphatic carbocycles. The SMILES string of the molecule is CC(=O)NCCC=Cc1cncc([N+](=O)[O-])c1N. The lowest BCUT2D eigenvalue weighted by atomic mass is 10.2. The summed E-state index contributed by atoms with van der Waals surface area (Å²) in [7, 11) is 0. The number of amides is 1. The number of nitrogens with two attached hydrogens (primary N) is 1. The van der Waals surface area contributed by atoms with Gasteiger partial charge in [0.2, 0.25) is 5.91 Å². The Bertz CT molecular complexity index is 485. The van der Waals surface area contributed by atoms with Crippen molar-refractivity contribution >= 4 is 23.4 Å². The van der Waals surface area contributed by atoms with Crippen LogP contribution in [0.4, 0.5) is 11.4 Å². The zero-order valence-corrected chi connectivity index (χ0v) is 9.92. The van der Waals surface area contributed by atoms with Crippen LogP contribution < -0.4 is 11.1 Å². The number of pyridine rings is 1. The molecule has 0 bridgehead atoms. The molecular weight excluding hydrogens is 236 g/mol. The van der Waals surface area contributed by atoms with Crippen molar-refractivity contribution in [3.05, 3.63) is 34.1 Å². The van der Waals surface area contributed by atoms with Crippen molar-refractivity contribution in [2.45, 2.75) is 13.3 Å². The second kappa shape index (κ2) is 6.33. The number of hydrogen-bond donors (Lipinski definition) is 2. The van der Waals surface area contributed by atoms with Gasteiger partial charge in [0.1, 0.15) is 11.9 Å². The van der Waals surface area contributed by atoms with Crippen LogP contribution in [-0.2, 0) is 4.79 Å². The van der Waals surface area contributed by atoms with Gasteiger partial charge < -0.3 is 11.1 Å². The van der Waals surface area contributed by atoms with E-state index >= 15 is 0 Å². The molecule has 7 heteroatoms. The molecule has 1 aromatic heterocycles. The van der Waals surface area contributed by atoms with E-state index in [9.17, 15) is 14.9 Å². The summed E-state index contributed by atoms with van der Waals surface area (Å²) in [5, 5.41) is 13.3. The molecule has 0 spiro atoms. The van der Waals surface area contributed by atoms with Gasteiger partial charge in [0.05, 0.1) is 4.92 Å². The third-order valence-electron chi connectivity index (χ3n) is 2.18. The van der Waals surface area contributed by atoms with Gasteiger partial charge in [-0.1, -0.05) is 12.2 Å². The van der Waals surface area contributed by atoms with Crippen LogP contribution in [0.15, 0.2) is 18.5 Å². The van der Waals surface area contributed by atoms with E-state index in [4.69, 9.17) is 5.73 Å². The lowest BCUT2D eigenvalue weighted by Crippen LogP contribution is -2.20. The molecule has 0 unspecified atom stereocenters. The average molecular weight is 250 g/mol. The number of nitrogen functional groups attached to an aromatic ring is 1. The van der Waals surface area contributed by atoms with E-state index in [-0.39, 0.29) is 17.3 Å². The first-order chi connectivity index (χ1) is 8.52. The van der Waals surface area contributed by atoms with Crippen LogP contribution in [0, 0.1) is 10.1 Å². The zero-order chi connectivity index (χ0) is 13.5. The summed E-state index contributed by atoms with van der Waals surface area (Å²) in [5.74, 6) is -0.0973. The van der Waals surface area contributed by atoms with Crippen molar-refractivity contribution in [3.63, 3.8) is 0 Å². The predicted octanol–water partition coefficient (Wildman–Crippen LogP) is 1.11. The minimum atomic E-state index is -0.572. The molecule has 1 amide bonds. The van der Waals surface area contributed by atoms with Gasteiger partial charge in [-0.05, 0) is 6.42 Å². The smallest absolute Gasteiger partial charge is 0.310 e. The minimum Gasteiger partial charge on any atom is -0.393 e. The Hall–Kier alpha value is -2.44. The number of aromatic nitrogens is 1. The Morgan fingerprint density at radius 2 is 2.33 bits per heavy atom. The highest BCUT2D eigenvalue weighted by atomic mass is 16.6. The predicted molar refractivity (Wildman–Crippen MR) is 67.6 cm³/mol.